The Bertz CT molecular complexity index is 414. The zero-order chi connectivity index (χ0) is 17.7. The molecule has 0 saturated carbocycles. The highest BCUT2D eigenvalue weighted by Gasteiger charge is 2.17. The van der Waals surface area contributed by atoms with Crippen molar-refractivity contribution in [3.63, 3.8) is 0 Å². The Kier molecular flexibility index (Phi) is 10.6. The molecular formula is C15H20O8. The molecule has 0 heterocycles. The molecule has 0 aromatic rings. The van der Waals surface area contributed by atoms with E-state index in [2.05, 4.69) is 22.6 Å². The van der Waals surface area contributed by atoms with E-state index in [1.165, 1.54) is 0 Å². The predicted molar refractivity (Wildman–Crippen MR) is 77.8 cm³/mol. The SMILES string of the molecule is C=CC(=O)OCCC(=O)OC(CC)OC(=O)CCOC(=O)C=C. The van der Waals surface area contributed by atoms with Crippen LogP contribution in [0.2, 0.25) is 0 Å². The molecule has 0 aliphatic heterocycles. The van der Waals surface area contributed by atoms with Crippen LogP contribution in [-0.2, 0) is 38.1 Å². The van der Waals surface area contributed by atoms with Gasteiger partial charge in [0, 0.05) is 18.6 Å². The Morgan fingerprint density at radius 3 is 1.57 bits per heavy atom. The van der Waals surface area contributed by atoms with E-state index >= 15 is 0 Å². The molecule has 0 atom stereocenters. The first-order valence-corrected chi connectivity index (χ1v) is 6.90. The van der Waals surface area contributed by atoms with Crippen molar-refractivity contribution in [2.75, 3.05) is 13.2 Å². The Morgan fingerprint density at radius 2 is 1.26 bits per heavy atom. The van der Waals surface area contributed by atoms with Crippen LogP contribution in [-0.4, -0.2) is 43.4 Å². The van der Waals surface area contributed by atoms with Crippen molar-refractivity contribution in [1.29, 1.82) is 0 Å². The third-order valence-electron chi connectivity index (χ3n) is 2.29. The average molecular weight is 328 g/mol. The lowest BCUT2D eigenvalue weighted by atomic mass is 10.4. The van der Waals surface area contributed by atoms with Gasteiger partial charge in [0.25, 0.3) is 0 Å². The second-order valence-electron chi connectivity index (χ2n) is 4.06. The van der Waals surface area contributed by atoms with Gasteiger partial charge in [-0.15, -0.1) is 0 Å². The van der Waals surface area contributed by atoms with Crippen LogP contribution in [0.25, 0.3) is 0 Å². The summed E-state index contributed by atoms with van der Waals surface area (Å²) in [6.45, 7) is 7.75. The minimum Gasteiger partial charge on any atom is -0.462 e. The topological polar surface area (TPSA) is 105 Å². The number of hydrogen-bond donors (Lipinski definition) is 0. The van der Waals surface area contributed by atoms with Crippen LogP contribution in [0.1, 0.15) is 26.2 Å². The van der Waals surface area contributed by atoms with E-state index in [4.69, 9.17) is 9.47 Å². The van der Waals surface area contributed by atoms with Gasteiger partial charge in [-0.2, -0.15) is 0 Å². The molecule has 8 nitrogen and oxygen atoms in total. The third-order valence-corrected chi connectivity index (χ3v) is 2.29. The maximum atomic E-state index is 11.5. The molecule has 0 amide bonds. The molecule has 23 heavy (non-hydrogen) atoms. The predicted octanol–water partition coefficient (Wildman–Crippen LogP) is 1.05. The van der Waals surface area contributed by atoms with Gasteiger partial charge >= 0.3 is 23.9 Å². The lowest BCUT2D eigenvalue weighted by molar-refractivity contribution is -0.189. The molecule has 0 spiro atoms. The Hall–Kier alpha value is -2.64. The Labute approximate surface area is 134 Å². The van der Waals surface area contributed by atoms with Crippen LogP contribution in [0.5, 0.6) is 0 Å². The summed E-state index contributed by atoms with van der Waals surface area (Å²) in [7, 11) is 0. The van der Waals surface area contributed by atoms with E-state index < -0.39 is 30.2 Å². The summed E-state index contributed by atoms with van der Waals surface area (Å²) < 4.78 is 19.1. The highest BCUT2D eigenvalue weighted by Crippen LogP contribution is 2.05. The molecule has 0 bridgehead atoms. The molecule has 0 aliphatic carbocycles. The van der Waals surface area contributed by atoms with E-state index in [0.717, 1.165) is 12.2 Å². The number of carbonyl (C=O) groups is 4. The minimum absolute atomic E-state index is 0.161. The highest BCUT2D eigenvalue weighted by atomic mass is 16.7. The van der Waals surface area contributed by atoms with Crippen LogP contribution in [0, 0.1) is 0 Å². The molecule has 0 rings (SSSR count). The van der Waals surface area contributed by atoms with E-state index in [1.807, 2.05) is 0 Å². The first-order chi connectivity index (χ1) is 10.9. The molecule has 128 valence electrons. The lowest BCUT2D eigenvalue weighted by Gasteiger charge is -2.16. The fourth-order valence-electron chi connectivity index (χ4n) is 1.19. The van der Waals surface area contributed by atoms with Gasteiger partial charge in [-0.05, 0) is 0 Å². The average Bonchev–Trinajstić information content (AvgIpc) is 2.53. The van der Waals surface area contributed by atoms with Gasteiger partial charge in [-0.1, -0.05) is 20.1 Å². The number of ether oxygens (including phenoxy) is 4. The van der Waals surface area contributed by atoms with Gasteiger partial charge < -0.3 is 18.9 Å². The van der Waals surface area contributed by atoms with Gasteiger partial charge in [-0.3, -0.25) is 9.59 Å². The van der Waals surface area contributed by atoms with Crippen molar-refractivity contribution < 1.29 is 38.1 Å². The Morgan fingerprint density at radius 1 is 0.870 bits per heavy atom. The Balaban J connectivity index is 4.03. The quantitative estimate of drug-likeness (QED) is 0.240. The normalized spacial score (nSPS) is 9.65. The molecule has 0 aliphatic rings. The maximum Gasteiger partial charge on any atom is 0.330 e. The summed E-state index contributed by atoms with van der Waals surface area (Å²) in [4.78, 5) is 44.6. The monoisotopic (exact) mass is 328 g/mol. The summed E-state index contributed by atoms with van der Waals surface area (Å²) in [5.74, 6) is -2.66. The fourth-order valence-corrected chi connectivity index (χ4v) is 1.19. The number of rotatable bonds is 11. The zero-order valence-electron chi connectivity index (χ0n) is 12.9. The van der Waals surface area contributed by atoms with Gasteiger partial charge in [0.1, 0.15) is 13.2 Å². The zero-order valence-corrected chi connectivity index (χ0v) is 12.9. The second-order valence-corrected chi connectivity index (χ2v) is 4.06. The van der Waals surface area contributed by atoms with E-state index in [9.17, 15) is 19.2 Å². The summed E-state index contributed by atoms with van der Waals surface area (Å²) in [6, 6.07) is 0. The van der Waals surface area contributed by atoms with Crippen molar-refractivity contribution in [3.8, 4) is 0 Å². The van der Waals surface area contributed by atoms with Crippen molar-refractivity contribution in [2.24, 2.45) is 0 Å². The first kappa shape index (κ1) is 20.4. The van der Waals surface area contributed by atoms with Crippen LogP contribution in [0.4, 0.5) is 0 Å². The third kappa shape index (κ3) is 10.7. The van der Waals surface area contributed by atoms with Crippen LogP contribution in [0.3, 0.4) is 0 Å². The minimum atomic E-state index is -1.06. The largest absolute Gasteiger partial charge is 0.462 e. The van der Waals surface area contributed by atoms with Crippen LogP contribution in [0.15, 0.2) is 25.3 Å². The van der Waals surface area contributed by atoms with E-state index in [1.54, 1.807) is 6.92 Å². The summed E-state index contributed by atoms with van der Waals surface area (Å²) >= 11 is 0. The molecule has 0 saturated heterocycles. The highest BCUT2D eigenvalue weighted by molar-refractivity contribution is 5.82. The van der Waals surface area contributed by atoms with Gasteiger partial charge in [0.2, 0.25) is 6.29 Å². The molecule has 0 radical (unpaired) electrons. The molecule has 8 heteroatoms. The number of carbonyl (C=O) groups excluding carboxylic acids is 4. The van der Waals surface area contributed by atoms with Crippen molar-refractivity contribution in [1.82, 2.24) is 0 Å². The number of esters is 4. The van der Waals surface area contributed by atoms with Gasteiger partial charge in [0.05, 0.1) is 12.8 Å². The van der Waals surface area contributed by atoms with E-state index in [-0.39, 0.29) is 32.5 Å². The summed E-state index contributed by atoms with van der Waals surface area (Å²) in [5, 5.41) is 0. The second kappa shape index (κ2) is 12.0. The van der Waals surface area contributed by atoms with Crippen LogP contribution < -0.4 is 0 Å². The van der Waals surface area contributed by atoms with Crippen molar-refractivity contribution in [3.05, 3.63) is 25.3 Å². The van der Waals surface area contributed by atoms with Crippen LogP contribution >= 0.6 is 0 Å². The first-order valence-electron chi connectivity index (χ1n) is 6.90. The summed E-state index contributed by atoms with van der Waals surface area (Å²) in [5.41, 5.74) is 0. The van der Waals surface area contributed by atoms with Crippen molar-refractivity contribution >= 4 is 23.9 Å². The van der Waals surface area contributed by atoms with Crippen molar-refractivity contribution in [2.45, 2.75) is 32.5 Å². The lowest BCUT2D eigenvalue weighted by Crippen LogP contribution is -2.25. The van der Waals surface area contributed by atoms with E-state index in [0.29, 0.717) is 0 Å². The molecular weight excluding hydrogens is 308 g/mol. The molecule has 0 aromatic heterocycles. The summed E-state index contributed by atoms with van der Waals surface area (Å²) in [6.07, 6.45) is 0.786. The van der Waals surface area contributed by atoms with Gasteiger partial charge in [0.15, 0.2) is 0 Å². The molecule has 0 fully saturated rings. The fraction of sp³-hybridized carbons (Fsp3) is 0.467. The molecule has 0 unspecified atom stereocenters. The smallest absolute Gasteiger partial charge is 0.330 e. The number of hydrogen-bond acceptors (Lipinski definition) is 8. The van der Waals surface area contributed by atoms with Gasteiger partial charge in [-0.25, -0.2) is 9.59 Å². The molecule has 0 N–H and O–H groups in total. The standard InChI is InChI=1S/C15H20O8/c1-4-11(16)20-9-7-13(18)22-15(6-3)23-14(19)8-10-21-12(17)5-2/h4-5,15H,1-2,6-10H2,3H3. The molecule has 0 aromatic carbocycles. The maximum absolute atomic E-state index is 11.5.